The first kappa shape index (κ1) is 11.0. The van der Waals surface area contributed by atoms with E-state index in [0.717, 1.165) is 39.0 Å². The molecule has 2 aliphatic rings. The minimum absolute atomic E-state index is 0.181. The Kier molecular flexibility index (Phi) is 2.76. The molecule has 1 saturated heterocycles. The van der Waals surface area contributed by atoms with E-state index in [1.165, 1.54) is 0 Å². The summed E-state index contributed by atoms with van der Waals surface area (Å²) in [7, 11) is 2.12. The van der Waals surface area contributed by atoms with Crippen LogP contribution in [0.4, 0.5) is 5.95 Å². The molecule has 3 rings (SSSR count). The average molecular weight is 238 g/mol. The third-order valence-corrected chi connectivity index (χ3v) is 3.68. The van der Waals surface area contributed by atoms with E-state index in [1.807, 2.05) is 0 Å². The number of piperazine rings is 1. The van der Waals surface area contributed by atoms with Gasteiger partial charge in [0.15, 0.2) is 0 Å². The van der Waals surface area contributed by atoms with Crippen molar-refractivity contribution < 1.29 is 9.63 Å². The molecule has 1 saturated carbocycles. The molecule has 0 atom stereocenters. The van der Waals surface area contributed by atoms with Crippen LogP contribution in [0.5, 0.6) is 0 Å². The van der Waals surface area contributed by atoms with Gasteiger partial charge in [0.05, 0.1) is 6.10 Å². The van der Waals surface area contributed by atoms with Gasteiger partial charge in [0, 0.05) is 32.1 Å². The molecule has 0 aromatic carbocycles. The third kappa shape index (κ3) is 2.14. The first-order valence-electron chi connectivity index (χ1n) is 6.17. The molecule has 0 bridgehead atoms. The fourth-order valence-electron chi connectivity index (χ4n) is 2.32. The van der Waals surface area contributed by atoms with Gasteiger partial charge in [0.25, 0.3) is 5.95 Å². The average Bonchev–Trinajstić information content (AvgIpc) is 2.75. The number of aliphatic hydroxyl groups excluding tert-OH is 1. The number of aromatic nitrogens is 2. The maximum atomic E-state index is 9.26. The fourth-order valence-corrected chi connectivity index (χ4v) is 2.32. The Hall–Kier alpha value is -1.14. The number of hydrogen-bond acceptors (Lipinski definition) is 6. The van der Waals surface area contributed by atoms with E-state index in [-0.39, 0.29) is 12.0 Å². The molecule has 0 unspecified atom stereocenters. The van der Waals surface area contributed by atoms with Crippen molar-refractivity contribution in [1.29, 1.82) is 0 Å². The van der Waals surface area contributed by atoms with Crippen molar-refractivity contribution in [1.82, 2.24) is 15.0 Å². The minimum Gasteiger partial charge on any atom is -0.393 e. The zero-order chi connectivity index (χ0) is 11.8. The lowest BCUT2D eigenvalue weighted by Crippen LogP contribution is -2.45. The molecule has 1 N–H and O–H groups in total. The van der Waals surface area contributed by atoms with Gasteiger partial charge in [-0.2, -0.15) is 4.98 Å². The normalized spacial score (nSPS) is 30.4. The second-order valence-corrected chi connectivity index (χ2v) is 5.05. The van der Waals surface area contributed by atoms with Crippen LogP contribution in [0.15, 0.2) is 4.52 Å². The summed E-state index contributed by atoms with van der Waals surface area (Å²) >= 11 is 0. The van der Waals surface area contributed by atoms with Gasteiger partial charge in [0.2, 0.25) is 5.89 Å². The molecule has 2 heterocycles. The number of aliphatic hydroxyl groups is 1. The van der Waals surface area contributed by atoms with Crippen LogP contribution in [-0.2, 0) is 0 Å². The summed E-state index contributed by atoms with van der Waals surface area (Å²) in [5.74, 6) is 1.65. The highest BCUT2D eigenvalue weighted by Gasteiger charge is 2.33. The molecule has 0 amide bonds. The maximum Gasteiger partial charge on any atom is 0.266 e. The topological polar surface area (TPSA) is 65.6 Å². The summed E-state index contributed by atoms with van der Waals surface area (Å²) in [6.07, 6.45) is 1.33. The van der Waals surface area contributed by atoms with Crippen molar-refractivity contribution in [2.45, 2.75) is 24.9 Å². The molecule has 1 aromatic heterocycles. The lowest BCUT2D eigenvalue weighted by Gasteiger charge is -2.31. The van der Waals surface area contributed by atoms with E-state index >= 15 is 0 Å². The largest absolute Gasteiger partial charge is 0.393 e. The Morgan fingerprint density at radius 3 is 2.59 bits per heavy atom. The zero-order valence-corrected chi connectivity index (χ0v) is 10.0. The first-order valence-corrected chi connectivity index (χ1v) is 6.17. The number of likely N-dealkylation sites (N-methyl/N-ethyl adjacent to an activating group) is 1. The minimum atomic E-state index is -0.181. The predicted molar refractivity (Wildman–Crippen MR) is 62.0 cm³/mol. The van der Waals surface area contributed by atoms with Gasteiger partial charge in [-0.3, -0.25) is 0 Å². The van der Waals surface area contributed by atoms with Crippen LogP contribution >= 0.6 is 0 Å². The predicted octanol–water partition coefficient (Wildman–Crippen LogP) is 0.0597. The van der Waals surface area contributed by atoms with Gasteiger partial charge < -0.3 is 19.4 Å². The summed E-state index contributed by atoms with van der Waals surface area (Å²) in [5, 5.41) is 13.3. The SMILES string of the molecule is CN1CCN(c2noc(C3CC(O)C3)n2)CC1. The van der Waals surface area contributed by atoms with Crippen LogP contribution < -0.4 is 4.90 Å². The second kappa shape index (κ2) is 4.27. The van der Waals surface area contributed by atoms with Gasteiger partial charge >= 0.3 is 0 Å². The van der Waals surface area contributed by atoms with Crippen molar-refractivity contribution in [2.75, 3.05) is 38.1 Å². The Labute approximate surface area is 100 Å². The third-order valence-electron chi connectivity index (χ3n) is 3.68. The number of nitrogens with zero attached hydrogens (tertiary/aromatic N) is 4. The lowest BCUT2D eigenvalue weighted by molar-refractivity contribution is 0.0625. The Morgan fingerprint density at radius 1 is 1.24 bits per heavy atom. The number of hydrogen-bond donors (Lipinski definition) is 1. The highest BCUT2D eigenvalue weighted by Crippen LogP contribution is 2.36. The second-order valence-electron chi connectivity index (χ2n) is 5.05. The highest BCUT2D eigenvalue weighted by atomic mass is 16.5. The van der Waals surface area contributed by atoms with Crippen LogP contribution in [0, 0.1) is 0 Å². The standard InChI is InChI=1S/C11H18N4O2/c1-14-2-4-15(5-3-14)11-12-10(17-13-11)8-6-9(16)7-8/h8-9,16H,2-7H2,1H3. The smallest absolute Gasteiger partial charge is 0.266 e. The molecule has 6 nitrogen and oxygen atoms in total. The molecule has 1 aromatic rings. The molecule has 1 aliphatic carbocycles. The van der Waals surface area contributed by atoms with E-state index in [4.69, 9.17) is 4.52 Å². The summed E-state index contributed by atoms with van der Waals surface area (Å²) in [6.45, 7) is 3.96. The van der Waals surface area contributed by atoms with Crippen molar-refractivity contribution in [3.05, 3.63) is 5.89 Å². The molecular formula is C11H18N4O2. The van der Waals surface area contributed by atoms with E-state index in [1.54, 1.807) is 0 Å². The Balaban J connectivity index is 1.64. The maximum absolute atomic E-state index is 9.26. The van der Waals surface area contributed by atoms with E-state index in [2.05, 4.69) is 27.0 Å². The van der Waals surface area contributed by atoms with Crippen molar-refractivity contribution in [2.24, 2.45) is 0 Å². The van der Waals surface area contributed by atoms with Gasteiger partial charge in [-0.15, -0.1) is 0 Å². The van der Waals surface area contributed by atoms with Crippen molar-refractivity contribution in [3.63, 3.8) is 0 Å². The Morgan fingerprint density at radius 2 is 1.94 bits per heavy atom. The lowest BCUT2D eigenvalue weighted by atomic mass is 9.82. The number of anilines is 1. The molecule has 0 spiro atoms. The van der Waals surface area contributed by atoms with Crippen LogP contribution in [0.25, 0.3) is 0 Å². The van der Waals surface area contributed by atoms with Gasteiger partial charge in [-0.1, -0.05) is 0 Å². The Bertz CT molecular complexity index is 381. The quantitative estimate of drug-likeness (QED) is 0.786. The number of rotatable bonds is 2. The summed E-state index contributed by atoms with van der Waals surface area (Å²) in [5.41, 5.74) is 0. The van der Waals surface area contributed by atoms with E-state index in [0.29, 0.717) is 11.8 Å². The highest BCUT2D eigenvalue weighted by molar-refractivity contribution is 5.29. The van der Waals surface area contributed by atoms with Crippen molar-refractivity contribution in [3.8, 4) is 0 Å². The zero-order valence-electron chi connectivity index (χ0n) is 10.0. The first-order chi connectivity index (χ1) is 8.22. The van der Waals surface area contributed by atoms with Gasteiger partial charge in [-0.25, -0.2) is 0 Å². The summed E-state index contributed by atoms with van der Waals surface area (Å²) in [6, 6.07) is 0. The summed E-state index contributed by atoms with van der Waals surface area (Å²) < 4.78 is 5.27. The van der Waals surface area contributed by atoms with Crippen LogP contribution in [0.2, 0.25) is 0 Å². The molecule has 0 radical (unpaired) electrons. The fraction of sp³-hybridized carbons (Fsp3) is 0.818. The van der Waals surface area contributed by atoms with Crippen LogP contribution in [0.1, 0.15) is 24.7 Å². The molecule has 17 heavy (non-hydrogen) atoms. The van der Waals surface area contributed by atoms with Crippen molar-refractivity contribution >= 4 is 5.95 Å². The van der Waals surface area contributed by atoms with Crippen LogP contribution in [0.3, 0.4) is 0 Å². The molecule has 6 heteroatoms. The molecule has 1 aliphatic heterocycles. The monoisotopic (exact) mass is 238 g/mol. The van der Waals surface area contributed by atoms with Gasteiger partial charge in [-0.05, 0) is 25.0 Å². The summed E-state index contributed by atoms with van der Waals surface area (Å²) in [4.78, 5) is 8.88. The van der Waals surface area contributed by atoms with Gasteiger partial charge in [0.1, 0.15) is 0 Å². The molecular weight excluding hydrogens is 220 g/mol. The molecule has 2 fully saturated rings. The van der Waals surface area contributed by atoms with E-state index in [9.17, 15) is 5.11 Å². The van der Waals surface area contributed by atoms with E-state index < -0.39 is 0 Å². The molecule has 94 valence electrons. The van der Waals surface area contributed by atoms with Crippen LogP contribution in [-0.4, -0.2) is 59.5 Å².